The van der Waals surface area contributed by atoms with Gasteiger partial charge in [-0.2, -0.15) is 5.26 Å². The van der Waals surface area contributed by atoms with Crippen molar-refractivity contribution in [2.45, 2.75) is 20.3 Å². The number of nitriles is 1. The van der Waals surface area contributed by atoms with E-state index in [0.29, 0.717) is 18.0 Å². The Balaban J connectivity index is 1.95. The summed E-state index contributed by atoms with van der Waals surface area (Å²) in [5, 5.41) is 9.52. The van der Waals surface area contributed by atoms with Crippen LogP contribution in [0.5, 0.6) is 5.75 Å². The van der Waals surface area contributed by atoms with E-state index in [4.69, 9.17) is 4.74 Å². The largest absolute Gasteiger partial charge is 0.494 e. The number of H-pyrrole nitrogens is 1. The molecule has 0 aliphatic carbocycles. The molecule has 0 bridgehead atoms. The molecule has 0 atom stereocenters. The lowest BCUT2D eigenvalue weighted by Crippen LogP contribution is -1.94. The van der Waals surface area contributed by atoms with E-state index in [1.807, 2.05) is 55.5 Å². The molecule has 1 aromatic heterocycles. The zero-order chi connectivity index (χ0) is 16.9. The highest BCUT2D eigenvalue weighted by atomic mass is 16.5. The Hall–Kier alpha value is -3.06. The molecule has 0 spiro atoms. The number of hydrogen-bond donors (Lipinski definition) is 1. The first-order valence-corrected chi connectivity index (χ1v) is 8.01. The zero-order valence-electron chi connectivity index (χ0n) is 13.8. The average Bonchev–Trinajstić information content (AvgIpc) is 3.01. The minimum atomic E-state index is 0.497. The number of allylic oxidation sites excluding steroid dienone is 1. The van der Waals surface area contributed by atoms with E-state index < -0.39 is 0 Å². The topological polar surface area (TPSA) is 61.7 Å². The highest BCUT2D eigenvalue weighted by molar-refractivity contribution is 5.90. The molecule has 4 nitrogen and oxygen atoms in total. The van der Waals surface area contributed by atoms with Crippen molar-refractivity contribution < 1.29 is 4.74 Å². The lowest BCUT2D eigenvalue weighted by Gasteiger charge is -2.05. The van der Waals surface area contributed by atoms with E-state index in [1.54, 1.807) is 0 Å². The van der Waals surface area contributed by atoms with Crippen molar-refractivity contribution >= 4 is 22.7 Å². The van der Waals surface area contributed by atoms with Gasteiger partial charge in [0.2, 0.25) is 0 Å². The number of ether oxygens (including phenoxy) is 1. The summed E-state index contributed by atoms with van der Waals surface area (Å²) in [6, 6.07) is 15.9. The van der Waals surface area contributed by atoms with Gasteiger partial charge in [0.1, 0.15) is 17.6 Å². The van der Waals surface area contributed by atoms with Crippen molar-refractivity contribution in [1.82, 2.24) is 9.97 Å². The van der Waals surface area contributed by atoms with Gasteiger partial charge in [0.25, 0.3) is 0 Å². The predicted octanol–water partition coefficient (Wildman–Crippen LogP) is 4.72. The lowest BCUT2D eigenvalue weighted by atomic mass is 10.1. The Bertz CT molecular complexity index is 931. The summed E-state index contributed by atoms with van der Waals surface area (Å²) in [6.07, 6.45) is 2.78. The molecule has 0 saturated heterocycles. The van der Waals surface area contributed by atoms with Crippen LogP contribution in [-0.4, -0.2) is 16.6 Å². The van der Waals surface area contributed by atoms with E-state index >= 15 is 0 Å². The van der Waals surface area contributed by atoms with Crippen LogP contribution in [0.2, 0.25) is 0 Å². The predicted molar refractivity (Wildman–Crippen MR) is 96.5 cm³/mol. The molecule has 0 saturated carbocycles. The Morgan fingerprint density at radius 3 is 2.96 bits per heavy atom. The van der Waals surface area contributed by atoms with Gasteiger partial charge >= 0.3 is 0 Å². The fourth-order valence-corrected chi connectivity index (χ4v) is 2.49. The van der Waals surface area contributed by atoms with Crippen LogP contribution < -0.4 is 4.74 Å². The number of nitrogens with one attached hydrogen (secondary N) is 1. The minimum Gasteiger partial charge on any atom is -0.494 e. The van der Waals surface area contributed by atoms with Crippen molar-refractivity contribution in [3.05, 3.63) is 59.4 Å². The maximum absolute atomic E-state index is 9.52. The van der Waals surface area contributed by atoms with E-state index in [-0.39, 0.29) is 0 Å². The van der Waals surface area contributed by atoms with Gasteiger partial charge in [-0.1, -0.05) is 25.1 Å². The number of fused-ring (bicyclic) bond motifs is 1. The van der Waals surface area contributed by atoms with E-state index in [9.17, 15) is 5.26 Å². The van der Waals surface area contributed by atoms with Crippen LogP contribution in [0.4, 0.5) is 0 Å². The van der Waals surface area contributed by atoms with Crippen LogP contribution in [-0.2, 0) is 0 Å². The van der Waals surface area contributed by atoms with Gasteiger partial charge < -0.3 is 9.72 Å². The Morgan fingerprint density at radius 1 is 1.29 bits per heavy atom. The standard InChI is InChI=1S/C20H19N3O/c1-3-9-24-17-6-4-5-15(12-17)11-16(13-21)20-22-18-8-7-14(2)10-19(18)23-20/h4-8,10-12H,3,9H2,1-2H3,(H,22,23)/b16-11-. The third-order valence-corrected chi connectivity index (χ3v) is 3.65. The van der Waals surface area contributed by atoms with Crippen LogP contribution in [0.15, 0.2) is 42.5 Å². The summed E-state index contributed by atoms with van der Waals surface area (Å²) in [5.74, 6) is 1.39. The average molecular weight is 317 g/mol. The smallest absolute Gasteiger partial charge is 0.149 e. The molecule has 1 N–H and O–H groups in total. The SMILES string of the molecule is CCCOc1cccc(/C=C(/C#N)c2nc3ccc(C)cc3[nH]2)c1. The van der Waals surface area contributed by atoms with Crippen LogP contribution in [0, 0.1) is 18.3 Å². The number of aromatic amines is 1. The van der Waals surface area contributed by atoms with Gasteiger partial charge in [0, 0.05) is 0 Å². The van der Waals surface area contributed by atoms with E-state index in [2.05, 4.69) is 23.0 Å². The van der Waals surface area contributed by atoms with Crippen molar-refractivity contribution in [2.24, 2.45) is 0 Å². The monoisotopic (exact) mass is 317 g/mol. The lowest BCUT2D eigenvalue weighted by molar-refractivity contribution is 0.317. The second kappa shape index (κ2) is 7.01. The number of aromatic nitrogens is 2. The molecular formula is C20H19N3O. The summed E-state index contributed by atoms with van der Waals surface area (Å²) in [5.41, 5.74) is 4.36. The van der Waals surface area contributed by atoms with Crippen LogP contribution in [0.25, 0.3) is 22.7 Å². The first kappa shape index (κ1) is 15.8. The van der Waals surface area contributed by atoms with E-state index in [0.717, 1.165) is 34.3 Å². The molecule has 24 heavy (non-hydrogen) atoms. The Morgan fingerprint density at radius 2 is 2.17 bits per heavy atom. The van der Waals surface area contributed by atoms with Crippen molar-refractivity contribution in [1.29, 1.82) is 5.26 Å². The van der Waals surface area contributed by atoms with Crippen molar-refractivity contribution in [3.63, 3.8) is 0 Å². The zero-order valence-corrected chi connectivity index (χ0v) is 13.8. The van der Waals surface area contributed by atoms with E-state index in [1.165, 1.54) is 0 Å². The molecule has 3 rings (SSSR count). The first-order chi connectivity index (χ1) is 11.7. The normalized spacial score (nSPS) is 11.5. The molecule has 0 radical (unpaired) electrons. The second-order valence-corrected chi connectivity index (χ2v) is 5.70. The van der Waals surface area contributed by atoms with Crippen molar-refractivity contribution in [3.8, 4) is 11.8 Å². The van der Waals surface area contributed by atoms with Gasteiger partial charge in [-0.05, 0) is 54.8 Å². The summed E-state index contributed by atoms with van der Waals surface area (Å²) in [4.78, 5) is 7.74. The number of imidazole rings is 1. The molecular weight excluding hydrogens is 298 g/mol. The Kier molecular flexibility index (Phi) is 4.62. The molecule has 0 amide bonds. The number of benzene rings is 2. The van der Waals surface area contributed by atoms with Gasteiger partial charge in [-0.3, -0.25) is 0 Å². The fourth-order valence-electron chi connectivity index (χ4n) is 2.49. The second-order valence-electron chi connectivity index (χ2n) is 5.70. The maximum Gasteiger partial charge on any atom is 0.149 e. The van der Waals surface area contributed by atoms with Crippen LogP contribution in [0.1, 0.15) is 30.3 Å². The number of nitrogens with zero attached hydrogens (tertiary/aromatic N) is 2. The molecule has 4 heteroatoms. The summed E-state index contributed by atoms with van der Waals surface area (Å²) in [6.45, 7) is 4.78. The first-order valence-electron chi connectivity index (χ1n) is 8.01. The van der Waals surface area contributed by atoms with Crippen LogP contribution in [0.3, 0.4) is 0 Å². The Labute approximate surface area is 141 Å². The molecule has 2 aromatic carbocycles. The van der Waals surface area contributed by atoms with Gasteiger partial charge in [-0.25, -0.2) is 4.98 Å². The maximum atomic E-state index is 9.52. The molecule has 0 aliphatic rings. The number of hydrogen-bond acceptors (Lipinski definition) is 3. The third kappa shape index (κ3) is 3.47. The minimum absolute atomic E-state index is 0.497. The molecule has 1 heterocycles. The summed E-state index contributed by atoms with van der Waals surface area (Å²) < 4.78 is 5.64. The third-order valence-electron chi connectivity index (χ3n) is 3.65. The molecule has 0 unspecified atom stereocenters. The van der Waals surface area contributed by atoms with Gasteiger partial charge in [0.15, 0.2) is 0 Å². The van der Waals surface area contributed by atoms with Crippen molar-refractivity contribution in [2.75, 3.05) is 6.61 Å². The molecule has 0 aliphatic heterocycles. The molecule has 0 fully saturated rings. The van der Waals surface area contributed by atoms with Gasteiger partial charge in [-0.15, -0.1) is 0 Å². The summed E-state index contributed by atoms with van der Waals surface area (Å²) >= 11 is 0. The number of rotatable bonds is 5. The molecule has 3 aromatic rings. The summed E-state index contributed by atoms with van der Waals surface area (Å²) in [7, 11) is 0. The highest BCUT2D eigenvalue weighted by Gasteiger charge is 2.08. The van der Waals surface area contributed by atoms with Gasteiger partial charge in [0.05, 0.1) is 23.2 Å². The quantitative estimate of drug-likeness (QED) is 0.692. The highest BCUT2D eigenvalue weighted by Crippen LogP contribution is 2.22. The van der Waals surface area contributed by atoms with Crippen LogP contribution >= 0.6 is 0 Å². The number of aryl methyl sites for hydroxylation is 1. The molecule has 120 valence electrons. The fraction of sp³-hybridized carbons (Fsp3) is 0.200.